The van der Waals surface area contributed by atoms with Gasteiger partial charge in [0.2, 0.25) is 0 Å². The number of nitrogens with zero attached hydrogens (tertiary/aromatic N) is 1. The highest BCUT2D eigenvalue weighted by molar-refractivity contribution is 6.13. The van der Waals surface area contributed by atoms with Gasteiger partial charge in [0.05, 0.1) is 17.1 Å². The molecule has 0 unspecified atom stereocenters. The van der Waals surface area contributed by atoms with Crippen LogP contribution < -0.4 is 0 Å². The Kier molecular flexibility index (Phi) is 7.47. The lowest BCUT2D eigenvalue weighted by Gasteiger charge is -2.15. The number of fused-ring (bicyclic) bond motifs is 1. The van der Waals surface area contributed by atoms with E-state index in [1.807, 2.05) is 54.6 Å². The second-order valence-electron chi connectivity index (χ2n) is 10.8. The zero-order valence-corrected chi connectivity index (χ0v) is 24.2. The molecule has 44 heavy (non-hydrogen) atoms. The van der Waals surface area contributed by atoms with Crippen molar-refractivity contribution in [1.82, 2.24) is 4.98 Å². The zero-order chi connectivity index (χ0) is 29.7. The number of hydrogen-bond donors (Lipinski definition) is 1. The maximum absolute atomic E-state index is 8.97. The molecule has 7 rings (SSSR count). The van der Waals surface area contributed by atoms with Gasteiger partial charge >= 0.3 is 0 Å². The molecule has 1 aromatic heterocycles. The highest BCUT2D eigenvalue weighted by Crippen LogP contribution is 2.35. The Labute approximate surface area is 258 Å². The summed E-state index contributed by atoms with van der Waals surface area (Å²) in [6.45, 7) is 0. The van der Waals surface area contributed by atoms with E-state index in [-0.39, 0.29) is 0 Å². The minimum Gasteiger partial charge on any atom is -0.300 e. The smallest absolute Gasteiger partial charge is 0.0715 e. The molecule has 0 saturated heterocycles. The molecule has 6 aromatic carbocycles. The van der Waals surface area contributed by atoms with E-state index in [0.29, 0.717) is 5.71 Å². The average molecular weight is 563 g/mol. The van der Waals surface area contributed by atoms with Crippen LogP contribution >= 0.6 is 0 Å². The fraction of sp³-hybridized carbons (Fsp3) is 0. The third-order valence-corrected chi connectivity index (χ3v) is 7.93. The number of aromatic nitrogens is 1. The van der Waals surface area contributed by atoms with Crippen LogP contribution in [-0.2, 0) is 0 Å². The molecule has 0 fully saturated rings. The molecule has 208 valence electrons. The summed E-state index contributed by atoms with van der Waals surface area (Å²) in [6.07, 6.45) is 2.00. The molecule has 1 heterocycles. The monoisotopic (exact) mass is 562 g/mol. The van der Waals surface area contributed by atoms with Gasteiger partial charge in [0.25, 0.3) is 0 Å². The summed E-state index contributed by atoms with van der Waals surface area (Å²) in [5.74, 6) is 0. The Morgan fingerprint density at radius 2 is 1.00 bits per heavy atom. The second kappa shape index (κ2) is 12.2. The molecule has 0 spiro atoms. The lowest BCUT2D eigenvalue weighted by molar-refractivity contribution is 1.32. The molecule has 1 N–H and O–H groups in total. The van der Waals surface area contributed by atoms with Crippen LogP contribution in [0.5, 0.6) is 0 Å². The summed E-state index contributed by atoms with van der Waals surface area (Å²) in [5, 5.41) is 11.3. The molecule has 0 saturated carbocycles. The number of rotatable bonds is 7. The largest absolute Gasteiger partial charge is 0.300 e. The molecule has 0 atom stereocenters. The highest BCUT2D eigenvalue weighted by atomic mass is 14.7. The summed E-state index contributed by atoms with van der Waals surface area (Å²) in [4.78, 5) is 5.08. The van der Waals surface area contributed by atoms with Crippen molar-refractivity contribution in [1.29, 1.82) is 5.41 Å². The topological polar surface area (TPSA) is 36.7 Å². The normalized spacial score (nSPS) is 11.4. The van der Waals surface area contributed by atoms with Gasteiger partial charge in [-0.25, -0.2) is 4.98 Å². The number of nitrogens with one attached hydrogen (secondary N) is 1. The van der Waals surface area contributed by atoms with E-state index in [9.17, 15) is 0 Å². The van der Waals surface area contributed by atoms with Crippen molar-refractivity contribution >= 4 is 22.1 Å². The predicted octanol–water partition coefficient (Wildman–Crippen LogP) is 10.7. The van der Waals surface area contributed by atoms with Gasteiger partial charge in [-0.15, -0.1) is 0 Å². The first-order chi connectivity index (χ1) is 21.7. The van der Waals surface area contributed by atoms with Crippen molar-refractivity contribution in [3.8, 4) is 33.6 Å². The number of pyridine rings is 1. The van der Waals surface area contributed by atoms with Gasteiger partial charge < -0.3 is 5.41 Å². The molecule has 0 aliphatic rings. The van der Waals surface area contributed by atoms with E-state index in [1.165, 1.54) is 0 Å². The van der Waals surface area contributed by atoms with Crippen molar-refractivity contribution < 1.29 is 0 Å². The van der Waals surface area contributed by atoms with Gasteiger partial charge in [-0.2, -0.15) is 0 Å². The Balaban J connectivity index is 1.41. The van der Waals surface area contributed by atoms with Gasteiger partial charge in [-0.3, -0.25) is 0 Å². The fourth-order valence-corrected chi connectivity index (χ4v) is 5.68. The summed E-state index contributed by atoms with van der Waals surface area (Å²) in [7, 11) is 0. The molecule has 7 aromatic rings. The maximum Gasteiger partial charge on any atom is 0.0715 e. The molecular formula is C42H30N2. The summed E-state index contributed by atoms with van der Waals surface area (Å²) in [5.41, 5.74) is 10.8. The van der Waals surface area contributed by atoms with Crippen LogP contribution in [0, 0.1) is 5.41 Å². The summed E-state index contributed by atoms with van der Waals surface area (Å²) in [6, 6.07) is 58.5. The Bertz CT molecular complexity index is 2040. The first-order valence-corrected chi connectivity index (χ1v) is 14.8. The second-order valence-corrected chi connectivity index (χ2v) is 10.8. The van der Waals surface area contributed by atoms with Crippen molar-refractivity contribution in [3.63, 3.8) is 0 Å². The third kappa shape index (κ3) is 5.62. The lowest BCUT2D eigenvalue weighted by Crippen LogP contribution is -1.98. The van der Waals surface area contributed by atoms with E-state index in [4.69, 9.17) is 10.4 Å². The maximum atomic E-state index is 8.97. The highest BCUT2D eigenvalue weighted by Gasteiger charge is 2.14. The van der Waals surface area contributed by atoms with Crippen LogP contribution in [0.4, 0.5) is 0 Å². The van der Waals surface area contributed by atoms with Crippen LogP contribution in [0.25, 0.3) is 50.0 Å². The van der Waals surface area contributed by atoms with E-state index in [0.717, 1.165) is 66.7 Å². The SMILES string of the molecule is N=C(/C=C(/c1ccccc1)c1cccc2ccc(-c3cc(-c4ccccc4)nc(-c4ccccc4)c3)cc12)c1ccccc1. The standard InChI is InChI=1S/C42H30N2/c43-40(32-16-7-2-8-17-32)29-39(30-14-5-1-6-15-30)37-23-13-22-31-24-25-35(26-38(31)37)36-27-41(33-18-9-3-10-19-33)44-42(28-36)34-20-11-4-12-21-34/h1-29,43H/b39-29-,43-40?. The summed E-state index contributed by atoms with van der Waals surface area (Å²) >= 11 is 0. The van der Waals surface area contributed by atoms with Gasteiger partial charge in [0, 0.05) is 11.1 Å². The van der Waals surface area contributed by atoms with Crippen molar-refractivity contribution in [2.24, 2.45) is 0 Å². The van der Waals surface area contributed by atoms with Gasteiger partial charge in [0.15, 0.2) is 0 Å². The van der Waals surface area contributed by atoms with Gasteiger partial charge in [-0.05, 0) is 68.4 Å². The van der Waals surface area contributed by atoms with Gasteiger partial charge in [-0.1, -0.05) is 152 Å². The quantitative estimate of drug-likeness (QED) is 0.193. The first kappa shape index (κ1) is 27.0. The Morgan fingerprint density at radius 1 is 0.455 bits per heavy atom. The molecule has 2 nitrogen and oxygen atoms in total. The predicted molar refractivity (Wildman–Crippen MR) is 185 cm³/mol. The minimum atomic E-state index is 0.478. The number of benzene rings is 6. The molecule has 0 bridgehead atoms. The Morgan fingerprint density at radius 3 is 1.59 bits per heavy atom. The first-order valence-electron chi connectivity index (χ1n) is 14.8. The minimum absolute atomic E-state index is 0.478. The molecule has 0 amide bonds. The fourth-order valence-electron chi connectivity index (χ4n) is 5.68. The average Bonchev–Trinajstić information content (AvgIpc) is 3.11. The molecular weight excluding hydrogens is 532 g/mol. The lowest BCUT2D eigenvalue weighted by atomic mass is 9.89. The number of allylic oxidation sites excluding steroid dienone is 1. The molecule has 0 aliphatic heterocycles. The van der Waals surface area contributed by atoms with Crippen molar-refractivity contribution in [2.45, 2.75) is 0 Å². The van der Waals surface area contributed by atoms with Crippen LogP contribution in [0.3, 0.4) is 0 Å². The van der Waals surface area contributed by atoms with E-state index >= 15 is 0 Å². The van der Waals surface area contributed by atoms with Crippen LogP contribution in [0.2, 0.25) is 0 Å². The van der Waals surface area contributed by atoms with Crippen LogP contribution in [0.15, 0.2) is 176 Å². The zero-order valence-electron chi connectivity index (χ0n) is 24.2. The Hall–Kier alpha value is -5.86. The number of hydrogen-bond acceptors (Lipinski definition) is 2. The molecule has 2 heteroatoms. The van der Waals surface area contributed by atoms with Crippen LogP contribution in [0.1, 0.15) is 16.7 Å². The van der Waals surface area contributed by atoms with Crippen molar-refractivity contribution in [3.05, 3.63) is 193 Å². The van der Waals surface area contributed by atoms with Gasteiger partial charge in [0.1, 0.15) is 0 Å². The molecule has 0 radical (unpaired) electrons. The van der Waals surface area contributed by atoms with E-state index in [1.54, 1.807) is 0 Å². The van der Waals surface area contributed by atoms with Crippen LogP contribution in [-0.4, -0.2) is 10.7 Å². The summed E-state index contributed by atoms with van der Waals surface area (Å²) < 4.78 is 0. The van der Waals surface area contributed by atoms with E-state index < -0.39 is 0 Å². The third-order valence-electron chi connectivity index (χ3n) is 7.93. The van der Waals surface area contributed by atoms with E-state index in [2.05, 4.69) is 121 Å². The van der Waals surface area contributed by atoms with Crippen molar-refractivity contribution in [2.75, 3.05) is 0 Å². The molecule has 0 aliphatic carbocycles.